The summed E-state index contributed by atoms with van der Waals surface area (Å²) in [7, 11) is 1.99. The minimum atomic E-state index is -4.59. The lowest BCUT2D eigenvalue weighted by Gasteiger charge is -2.33. The maximum absolute atomic E-state index is 14.2. The van der Waals surface area contributed by atoms with Crippen molar-refractivity contribution >= 4 is 58.1 Å². The minimum Gasteiger partial charge on any atom is -0.491 e. The van der Waals surface area contributed by atoms with Gasteiger partial charge in [0.1, 0.15) is 35.3 Å². The summed E-state index contributed by atoms with van der Waals surface area (Å²) in [4.78, 5) is 67.1. The summed E-state index contributed by atoms with van der Waals surface area (Å²) in [5, 5.41) is 18.1. The number of carbonyl (C=O) groups is 4. The van der Waals surface area contributed by atoms with Crippen LogP contribution in [0.3, 0.4) is 0 Å². The molecule has 0 unspecified atom stereocenters. The molecule has 9 rings (SSSR count). The molecule has 602 valence electrons. The van der Waals surface area contributed by atoms with Crippen LogP contribution in [0.4, 0.5) is 39.1 Å². The number of nitrogens with zero attached hydrogens (tertiary/aromatic N) is 7. The van der Waals surface area contributed by atoms with E-state index in [0.29, 0.717) is 230 Å². The molecule has 2 saturated heterocycles. The summed E-state index contributed by atoms with van der Waals surface area (Å²) in [5.74, 6) is 5.89. The molecule has 4 aromatic heterocycles. The average Bonchev–Trinajstić information content (AvgIpc) is 1.72. The lowest BCUT2D eigenvalue weighted by atomic mass is 9.95. The van der Waals surface area contributed by atoms with Crippen molar-refractivity contribution in [1.29, 1.82) is 0 Å². The number of fused-ring (bicyclic) bond motifs is 1. The van der Waals surface area contributed by atoms with Crippen LogP contribution in [0, 0.1) is 24.7 Å². The molecule has 0 bridgehead atoms. The van der Waals surface area contributed by atoms with Crippen LogP contribution < -0.4 is 35.6 Å². The first kappa shape index (κ1) is 86.0. The van der Waals surface area contributed by atoms with Crippen molar-refractivity contribution in [1.82, 2.24) is 45.0 Å². The number of halogens is 6. The SMILES string of the molecule is Cc1ccc(C(=O)Nc2ccc(CN3CCN(C)CC3)c(C(F)(F)F)c2)cc1C#Cc1cnc2cc(OCCOCCOCCOCCOCCOCCOCCNC(=O)CCOCCOCCOCCOCCNC(=O)C3CCN(c4ncc(C(=O)Nc5ccc(OC(F)(F)Cl)cc5)cc4-c4ccn[nH]4)CC3)ccn12. The molecule has 0 radical (unpaired) electrons. The third-order valence-corrected chi connectivity index (χ3v) is 17.5. The first-order valence-corrected chi connectivity index (χ1v) is 37.1. The van der Waals surface area contributed by atoms with Crippen molar-refractivity contribution in [3.63, 3.8) is 0 Å². The first-order chi connectivity index (χ1) is 53.8. The zero-order valence-corrected chi connectivity index (χ0v) is 63.0. The molecular formula is C77H96ClF5N12O16. The zero-order valence-electron chi connectivity index (χ0n) is 62.2. The first-order valence-electron chi connectivity index (χ1n) is 36.7. The number of hydrogen-bond acceptors (Lipinski definition) is 22. The maximum atomic E-state index is 14.2. The number of aromatic amines is 1. The number of aromatic nitrogens is 5. The molecule has 4 amide bonds. The number of alkyl halides is 6. The number of H-pyrrole nitrogens is 1. The van der Waals surface area contributed by atoms with Crippen molar-refractivity contribution in [2.45, 2.75) is 44.5 Å². The fraction of sp³-hybridized carbons (Fsp3) is 0.494. The fourth-order valence-corrected chi connectivity index (χ4v) is 11.6. The Balaban J connectivity index is 0.489. The molecule has 0 saturated carbocycles. The second-order valence-corrected chi connectivity index (χ2v) is 26.1. The summed E-state index contributed by atoms with van der Waals surface area (Å²) < 4.78 is 136. The number of piperidine rings is 1. The summed E-state index contributed by atoms with van der Waals surface area (Å²) in [5.41, 5.74) is 0.339. The highest BCUT2D eigenvalue weighted by atomic mass is 35.5. The Labute approximate surface area is 645 Å². The number of carbonyl (C=O) groups excluding carboxylic acids is 4. The van der Waals surface area contributed by atoms with Crippen LogP contribution in [-0.2, 0) is 69.7 Å². The molecule has 7 aromatic rings. The van der Waals surface area contributed by atoms with Gasteiger partial charge in [-0.3, -0.25) is 33.6 Å². The Morgan fingerprint density at radius 2 is 1.14 bits per heavy atom. The third-order valence-electron chi connectivity index (χ3n) is 17.5. The van der Waals surface area contributed by atoms with Gasteiger partial charge in [-0.1, -0.05) is 18.1 Å². The Morgan fingerprint density at radius 1 is 0.577 bits per heavy atom. The Kier molecular flexibility index (Phi) is 35.7. The van der Waals surface area contributed by atoms with Gasteiger partial charge in [-0.05, 0) is 111 Å². The lowest BCUT2D eigenvalue weighted by molar-refractivity contribution is -0.138. The van der Waals surface area contributed by atoms with Crippen molar-refractivity contribution < 1.29 is 98.0 Å². The number of hydrogen-bond donors (Lipinski definition) is 5. The molecule has 3 aromatic carbocycles. The van der Waals surface area contributed by atoms with Crippen LogP contribution in [0.25, 0.3) is 16.9 Å². The number of amides is 4. The van der Waals surface area contributed by atoms with Gasteiger partial charge in [0.15, 0.2) is 0 Å². The monoisotopic (exact) mass is 1570 g/mol. The predicted molar refractivity (Wildman–Crippen MR) is 401 cm³/mol. The molecule has 5 N–H and O–H groups in total. The van der Waals surface area contributed by atoms with E-state index in [4.69, 9.17) is 63.7 Å². The molecule has 34 heteroatoms. The molecular weight excluding hydrogens is 1480 g/mol. The predicted octanol–water partition coefficient (Wildman–Crippen LogP) is 8.35. The number of anilines is 3. The smallest absolute Gasteiger partial charge is 0.487 e. The van der Waals surface area contributed by atoms with Crippen LogP contribution in [0.15, 0.2) is 110 Å². The van der Waals surface area contributed by atoms with Crippen LogP contribution >= 0.6 is 11.6 Å². The molecule has 2 aliphatic heterocycles. The van der Waals surface area contributed by atoms with Gasteiger partial charge < -0.3 is 87.9 Å². The number of aryl methyl sites for hydroxylation is 1. The molecule has 0 spiro atoms. The van der Waals surface area contributed by atoms with Crippen molar-refractivity contribution in [3.05, 3.63) is 149 Å². The van der Waals surface area contributed by atoms with E-state index in [9.17, 15) is 41.1 Å². The van der Waals surface area contributed by atoms with Gasteiger partial charge >= 0.3 is 11.7 Å². The number of rotatable bonds is 48. The third kappa shape index (κ3) is 30.6. The van der Waals surface area contributed by atoms with Gasteiger partial charge in [0, 0.05) is 136 Å². The van der Waals surface area contributed by atoms with E-state index in [1.165, 1.54) is 42.6 Å². The average molecular weight is 1580 g/mol. The van der Waals surface area contributed by atoms with Crippen LogP contribution in [0.1, 0.15) is 67.9 Å². The second-order valence-electron chi connectivity index (χ2n) is 25.6. The van der Waals surface area contributed by atoms with Crippen molar-refractivity contribution in [2.24, 2.45) is 5.92 Å². The van der Waals surface area contributed by atoms with E-state index in [-0.39, 0.29) is 65.4 Å². The Morgan fingerprint density at radius 3 is 1.74 bits per heavy atom. The summed E-state index contributed by atoms with van der Waals surface area (Å²) in [6.07, 6.45) is 3.28. The molecule has 28 nitrogen and oxygen atoms in total. The number of imidazole rings is 1. The topological polar surface area (TPSA) is 296 Å². The zero-order chi connectivity index (χ0) is 78.5. The number of ether oxygens (including phenoxy) is 12. The molecule has 2 fully saturated rings. The minimum absolute atomic E-state index is 0.0510. The van der Waals surface area contributed by atoms with Gasteiger partial charge in [0.05, 0.1) is 155 Å². The highest BCUT2D eigenvalue weighted by Crippen LogP contribution is 2.36. The fourth-order valence-electron chi connectivity index (χ4n) is 11.5. The van der Waals surface area contributed by atoms with Gasteiger partial charge in [-0.15, -0.1) is 8.78 Å². The largest absolute Gasteiger partial charge is 0.491 e. The molecule has 0 atom stereocenters. The Bertz CT molecular complexity index is 4060. The van der Waals surface area contributed by atoms with E-state index in [0.717, 1.165) is 24.7 Å². The van der Waals surface area contributed by atoms with Gasteiger partial charge in [-0.25, -0.2) is 9.97 Å². The van der Waals surface area contributed by atoms with Gasteiger partial charge in [0.25, 0.3) is 11.8 Å². The van der Waals surface area contributed by atoms with E-state index in [1.807, 2.05) is 23.3 Å². The second kappa shape index (κ2) is 46.1. The molecule has 2 aliphatic rings. The van der Waals surface area contributed by atoms with E-state index < -0.39 is 29.1 Å². The Hall–Kier alpha value is -8.99. The number of nitrogens with one attached hydrogen (secondary N) is 5. The molecule has 6 heterocycles. The van der Waals surface area contributed by atoms with Crippen LogP contribution in [0.5, 0.6) is 11.5 Å². The maximum Gasteiger partial charge on any atom is 0.487 e. The van der Waals surface area contributed by atoms with Crippen molar-refractivity contribution in [2.75, 3.05) is 214 Å². The standard InChI is InChI=1S/C77H96ClF5N12O16/c1-56-3-4-59(74(98)90-63-7-5-60(68(51-63)76(79,80)81)55-93-26-24-92(2)25-27-93)49-58(56)6-10-64-54-86-70-52-66(16-23-95(64)70)110-48-47-109-46-45-108-44-43-107-42-41-106-40-39-104-35-32-101-29-19-84-71(96)17-28-100-31-34-103-37-38-105-36-33-102-30-20-85-73(97)57-14-21-94(22-15-57)72-67(69-13-18-88-91-69)50-61(53-87-72)75(99)89-62-8-11-65(12-9-62)111-77(78,82)83/h3-5,7-9,11-13,16,18,23,49-54,57H,14-15,17,19-22,24-48,55H2,1-2H3,(H,84,96)(H,85,97)(H,88,91)(H,89,99)(H,90,98). The van der Waals surface area contributed by atoms with Crippen LogP contribution in [0.2, 0.25) is 0 Å². The number of pyridine rings is 2. The van der Waals surface area contributed by atoms with Gasteiger partial charge in [-0.2, -0.15) is 18.3 Å². The summed E-state index contributed by atoms with van der Waals surface area (Å²) in [6.45, 7) is 14.5. The normalized spacial score (nSPS) is 13.8. The number of benzene rings is 3. The molecule has 0 aliphatic carbocycles. The highest BCUT2D eigenvalue weighted by Gasteiger charge is 2.35. The number of likely N-dealkylation sites (N-methyl/N-ethyl adjacent to an activating group) is 1. The summed E-state index contributed by atoms with van der Waals surface area (Å²) >= 11 is 4.84. The van der Waals surface area contributed by atoms with E-state index >= 15 is 0 Å². The lowest BCUT2D eigenvalue weighted by Crippen LogP contribution is -2.44. The van der Waals surface area contributed by atoms with Crippen molar-refractivity contribution in [3.8, 4) is 34.6 Å². The van der Waals surface area contributed by atoms with Crippen LogP contribution in [-0.4, -0.2) is 262 Å². The number of piperazine rings is 1. The molecule has 111 heavy (non-hydrogen) atoms. The summed E-state index contributed by atoms with van der Waals surface area (Å²) in [6, 6.07) is 21.3. The highest BCUT2D eigenvalue weighted by molar-refractivity contribution is 6.20. The van der Waals surface area contributed by atoms with E-state index in [2.05, 4.69) is 67.8 Å². The van der Waals surface area contributed by atoms with Gasteiger partial charge in [0.2, 0.25) is 11.8 Å². The quantitative estimate of drug-likeness (QED) is 0.0104. The van der Waals surface area contributed by atoms with E-state index in [1.54, 1.807) is 61.1 Å².